The van der Waals surface area contributed by atoms with Crippen LogP contribution in [0.2, 0.25) is 5.02 Å². The third-order valence-corrected chi connectivity index (χ3v) is 7.03. The summed E-state index contributed by atoms with van der Waals surface area (Å²) in [5.41, 5.74) is 1.54. The van der Waals surface area contributed by atoms with Gasteiger partial charge in [-0.05, 0) is 35.0 Å². The van der Waals surface area contributed by atoms with Crippen LogP contribution in [0.25, 0.3) is 16.5 Å². The van der Waals surface area contributed by atoms with Crippen molar-refractivity contribution in [1.29, 1.82) is 0 Å². The van der Waals surface area contributed by atoms with E-state index in [0.717, 1.165) is 16.5 Å². The molecule has 0 bridgehead atoms. The zero-order valence-corrected chi connectivity index (χ0v) is 19.9. The van der Waals surface area contributed by atoms with Gasteiger partial charge in [0.1, 0.15) is 6.33 Å². The lowest BCUT2D eigenvalue weighted by Crippen LogP contribution is -2.51. The Morgan fingerprint density at radius 3 is 2.47 bits per heavy atom. The Morgan fingerprint density at radius 2 is 1.65 bits per heavy atom. The molecule has 0 radical (unpaired) electrons. The lowest BCUT2D eigenvalue weighted by molar-refractivity contribution is -0.129. The second-order valence-electron chi connectivity index (χ2n) is 7.95. The highest BCUT2D eigenvalue weighted by Gasteiger charge is 2.26. The van der Waals surface area contributed by atoms with E-state index in [1.54, 1.807) is 17.3 Å². The summed E-state index contributed by atoms with van der Waals surface area (Å²) in [5, 5.41) is 11.4. The van der Waals surface area contributed by atoms with Gasteiger partial charge in [-0.15, -0.1) is 10.2 Å². The van der Waals surface area contributed by atoms with E-state index in [9.17, 15) is 9.59 Å². The average molecular weight is 492 g/mol. The monoisotopic (exact) mass is 491 g/mol. The number of hydrogen-bond donors (Lipinski definition) is 0. The summed E-state index contributed by atoms with van der Waals surface area (Å²) in [5.74, 6) is 0.270. The highest BCUT2D eigenvalue weighted by Crippen LogP contribution is 2.23. The molecular weight excluding hydrogens is 470 g/mol. The number of rotatable bonds is 5. The summed E-state index contributed by atoms with van der Waals surface area (Å²) >= 11 is 7.43. The standard InChI is InChI=1S/C25H22ClN5O2S/c26-19-7-4-8-20(15-19)31-17-27-28-25(31)34-16-23(32)29-11-13-30(14-12-29)24(33)22-10-3-6-18-5-1-2-9-21(18)22/h1-10,15,17H,11-14,16H2. The minimum atomic E-state index is 0.00731. The molecule has 9 heteroatoms. The van der Waals surface area contributed by atoms with Crippen LogP contribution in [0.15, 0.2) is 78.2 Å². The fourth-order valence-corrected chi connectivity index (χ4v) is 5.10. The molecule has 7 nitrogen and oxygen atoms in total. The van der Waals surface area contributed by atoms with Gasteiger partial charge in [0.2, 0.25) is 5.91 Å². The molecule has 2 amide bonds. The van der Waals surface area contributed by atoms with Gasteiger partial charge in [-0.3, -0.25) is 14.2 Å². The number of thioether (sulfide) groups is 1. The molecule has 172 valence electrons. The summed E-state index contributed by atoms with van der Waals surface area (Å²) in [6.07, 6.45) is 1.61. The van der Waals surface area contributed by atoms with Gasteiger partial charge in [-0.25, -0.2) is 0 Å². The van der Waals surface area contributed by atoms with Gasteiger partial charge in [-0.2, -0.15) is 0 Å². The van der Waals surface area contributed by atoms with Crippen LogP contribution in [0.5, 0.6) is 0 Å². The van der Waals surface area contributed by atoms with E-state index in [1.165, 1.54) is 11.8 Å². The topological polar surface area (TPSA) is 71.3 Å². The van der Waals surface area contributed by atoms with Crippen molar-refractivity contribution in [1.82, 2.24) is 24.6 Å². The van der Waals surface area contributed by atoms with E-state index >= 15 is 0 Å². The number of aromatic nitrogens is 3. The number of fused-ring (bicyclic) bond motifs is 1. The molecule has 1 aliphatic rings. The fourth-order valence-electron chi connectivity index (χ4n) is 4.08. The molecule has 4 aromatic rings. The highest BCUT2D eigenvalue weighted by molar-refractivity contribution is 7.99. The molecule has 0 spiro atoms. The van der Waals surface area contributed by atoms with E-state index in [-0.39, 0.29) is 17.6 Å². The zero-order chi connectivity index (χ0) is 23.5. The van der Waals surface area contributed by atoms with Crippen LogP contribution in [0.3, 0.4) is 0 Å². The Morgan fingerprint density at radius 1 is 0.912 bits per heavy atom. The normalized spacial score (nSPS) is 13.9. The summed E-state index contributed by atoms with van der Waals surface area (Å²) in [7, 11) is 0. The molecule has 1 fully saturated rings. The van der Waals surface area contributed by atoms with E-state index in [4.69, 9.17) is 11.6 Å². The van der Waals surface area contributed by atoms with Crippen LogP contribution in [0.4, 0.5) is 0 Å². The van der Waals surface area contributed by atoms with Crippen LogP contribution in [-0.4, -0.2) is 68.3 Å². The fraction of sp³-hybridized carbons (Fsp3) is 0.200. The molecule has 5 rings (SSSR count). The van der Waals surface area contributed by atoms with Crippen molar-refractivity contribution in [3.63, 3.8) is 0 Å². The van der Waals surface area contributed by atoms with Crippen molar-refractivity contribution in [2.24, 2.45) is 0 Å². The molecule has 3 aromatic carbocycles. The molecule has 1 aromatic heterocycles. The van der Waals surface area contributed by atoms with Crippen LogP contribution >= 0.6 is 23.4 Å². The quantitative estimate of drug-likeness (QED) is 0.392. The average Bonchev–Trinajstić information content (AvgIpc) is 3.35. The Kier molecular flexibility index (Phi) is 6.51. The molecule has 0 N–H and O–H groups in total. The SMILES string of the molecule is O=C(CSc1nncn1-c1cccc(Cl)c1)N1CCN(C(=O)c2cccc3ccccc23)CC1. The second-order valence-corrected chi connectivity index (χ2v) is 9.33. The van der Waals surface area contributed by atoms with Crippen molar-refractivity contribution in [2.75, 3.05) is 31.9 Å². The molecular formula is C25H22ClN5O2S. The molecule has 0 saturated carbocycles. The predicted octanol–water partition coefficient (Wildman–Crippen LogP) is 4.15. The Bertz CT molecular complexity index is 1340. The van der Waals surface area contributed by atoms with Crippen molar-refractivity contribution < 1.29 is 9.59 Å². The van der Waals surface area contributed by atoms with Crippen molar-refractivity contribution in [3.05, 3.63) is 83.6 Å². The van der Waals surface area contributed by atoms with E-state index in [1.807, 2.05) is 70.1 Å². The first-order chi connectivity index (χ1) is 16.6. The lowest BCUT2D eigenvalue weighted by Gasteiger charge is -2.35. The zero-order valence-electron chi connectivity index (χ0n) is 18.3. The van der Waals surface area contributed by atoms with Gasteiger partial charge in [0, 0.05) is 36.8 Å². The van der Waals surface area contributed by atoms with Gasteiger partial charge in [0.25, 0.3) is 5.91 Å². The minimum Gasteiger partial charge on any atom is -0.338 e. The maximum Gasteiger partial charge on any atom is 0.254 e. The first-order valence-corrected chi connectivity index (χ1v) is 12.3. The third-order valence-electron chi connectivity index (χ3n) is 5.87. The first-order valence-electron chi connectivity index (χ1n) is 10.9. The van der Waals surface area contributed by atoms with E-state index < -0.39 is 0 Å². The smallest absolute Gasteiger partial charge is 0.254 e. The summed E-state index contributed by atoms with van der Waals surface area (Å²) in [4.78, 5) is 29.6. The van der Waals surface area contributed by atoms with Crippen molar-refractivity contribution in [2.45, 2.75) is 5.16 Å². The van der Waals surface area contributed by atoms with Crippen molar-refractivity contribution >= 4 is 45.9 Å². The number of piperazine rings is 1. The second kappa shape index (κ2) is 9.87. The summed E-state index contributed by atoms with van der Waals surface area (Å²) in [6.45, 7) is 2.04. The van der Waals surface area contributed by atoms with E-state index in [0.29, 0.717) is 41.9 Å². The van der Waals surface area contributed by atoms with Gasteiger partial charge in [0.05, 0.1) is 11.4 Å². The van der Waals surface area contributed by atoms with Gasteiger partial charge in [-0.1, -0.05) is 65.8 Å². The molecule has 2 heterocycles. The summed E-state index contributed by atoms with van der Waals surface area (Å²) < 4.78 is 1.81. The predicted molar refractivity (Wildman–Crippen MR) is 134 cm³/mol. The number of carbonyl (C=O) groups excluding carboxylic acids is 2. The third kappa shape index (κ3) is 4.64. The maximum atomic E-state index is 13.2. The Labute approximate surface area is 206 Å². The van der Waals surface area contributed by atoms with E-state index in [2.05, 4.69) is 10.2 Å². The maximum absolute atomic E-state index is 13.2. The minimum absolute atomic E-state index is 0.00731. The molecule has 0 unspecified atom stereocenters. The highest BCUT2D eigenvalue weighted by atomic mass is 35.5. The number of amides is 2. The Balaban J connectivity index is 1.19. The number of nitrogens with zero attached hydrogens (tertiary/aromatic N) is 5. The number of benzene rings is 3. The van der Waals surface area contributed by atoms with Gasteiger partial charge < -0.3 is 9.80 Å². The van der Waals surface area contributed by atoms with Crippen LogP contribution < -0.4 is 0 Å². The lowest BCUT2D eigenvalue weighted by atomic mass is 10.0. The Hall–Kier alpha value is -3.36. The molecule has 0 aliphatic carbocycles. The number of halogens is 1. The molecule has 1 aliphatic heterocycles. The molecule has 0 atom stereocenters. The van der Waals surface area contributed by atoms with Crippen LogP contribution in [0, 0.1) is 0 Å². The van der Waals surface area contributed by atoms with Gasteiger partial charge >= 0.3 is 0 Å². The van der Waals surface area contributed by atoms with Gasteiger partial charge in [0.15, 0.2) is 5.16 Å². The molecule has 34 heavy (non-hydrogen) atoms. The largest absolute Gasteiger partial charge is 0.338 e. The molecule has 1 saturated heterocycles. The van der Waals surface area contributed by atoms with Crippen LogP contribution in [-0.2, 0) is 4.79 Å². The number of carbonyl (C=O) groups is 2. The van der Waals surface area contributed by atoms with Crippen LogP contribution in [0.1, 0.15) is 10.4 Å². The van der Waals surface area contributed by atoms with Crippen molar-refractivity contribution in [3.8, 4) is 5.69 Å². The first kappa shape index (κ1) is 22.4. The number of hydrogen-bond acceptors (Lipinski definition) is 5. The summed E-state index contributed by atoms with van der Waals surface area (Å²) in [6, 6.07) is 21.1.